The van der Waals surface area contributed by atoms with Crippen molar-refractivity contribution in [3.8, 4) is 11.5 Å². The smallest absolute Gasteiger partial charge is 0.231 e. The quantitative estimate of drug-likeness (QED) is 0.679. The van der Waals surface area contributed by atoms with Gasteiger partial charge in [-0.25, -0.2) is 0 Å². The standard InChI is InChI=1S/C15H20N2O4/c16-15(21)9-17(10-3-1-2-4-10)8-14(20)12-6-5-11(18)7-13(12)19/h5-7,10,18-19H,1-4,8-9H2,(H2,16,21). The van der Waals surface area contributed by atoms with Crippen LogP contribution < -0.4 is 5.73 Å². The molecular weight excluding hydrogens is 272 g/mol. The summed E-state index contributed by atoms with van der Waals surface area (Å²) in [5.41, 5.74) is 5.39. The number of ketones is 1. The Hall–Kier alpha value is -2.08. The normalized spacial score (nSPS) is 15.5. The molecule has 6 heteroatoms. The van der Waals surface area contributed by atoms with E-state index in [1.165, 1.54) is 12.1 Å². The summed E-state index contributed by atoms with van der Waals surface area (Å²) >= 11 is 0. The Kier molecular flexibility index (Phi) is 4.80. The fraction of sp³-hybridized carbons (Fsp3) is 0.467. The van der Waals surface area contributed by atoms with E-state index in [-0.39, 0.29) is 42.0 Å². The van der Waals surface area contributed by atoms with Crippen LogP contribution >= 0.6 is 0 Å². The van der Waals surface area contributed by atoms with Gasteiger partial charge in [-0.05, 0) is 25.0 Å². The summed E-state index contributed by atoms with van der Waals surface area (Å²) in [5.74, 6) is -1.12. The molecule has 1 aliphatic rings. The highest BCUT2D eigenvalue weighted by molar-refractivity contribution is 6.00. The van der Waals surface area contributed by atoms with E-state index in [9.17, 15) is 19.8 Å². The second-order valence-electron chi connectivity index (χ2n) is 5.43. The van der Waals surface area contributed by atoms with Gasteiger partial charge >= 0.3 is 0 Å². The number of nitrogens with zero attached hydrogens (tertiary/aromatic N) is 1. The first-order valence-electron chi connectivity index (χ1n) is 7.05. The van der Waals surface area contributed by atoms with Crippen LogP contribution in [-0.2, 0) is 4.79 Å². The topological polar surface area (TPSA) is 104 Å². The minimum absolute atomic E-state index is 0.0337. The molecule has 0 saturated heterocycles. The number of nitrogens with two attached hydrogens (primary N) is 1. The number of carbonyl (C=O) groups is 2. The lowest BCUT2D eigenvalue weighted by atomic mass is 10.1. The number of phenols is 2. The van der Waals surface area contributed by atoms with E-state index in [1.807, 2.05) is 0 Å². The molecule has 0 unspecified atom stereocenters. The van der Waals surface area contributed by atoms with Crippen LogP contribution in [0.5, 0.6) is 11.5 Å². The SMILES string of the molecule is NC(=O)CN(CC(=O)c1ccc(O)cc1O)C1CCCC1. The molecule has 0 atom stereocenters. The molecule has 1 aromatic rings. The van der Waals surface area contributed by atoms with Gasteiger partial charge in [0.1, 0.15) is 11.5 Å². The highest BCUT2D eigenvalue weighted by atomic mass is 16.3. The molecule has 6 nitrogen and oxygen atoms in total. The van der Waals surface area contributed by atoms with Gasteiger partial charge in [0.2, 0.25) is 5.91 Å². The molecule has 1 aromatic carbocycles. The summed E-state index contributed by atoms with van der Waals surface area (Å²) in [6.45, 7) is 0.0706. The predicted molar refractivity (Wildman–Crippen MR) is 77.1 cm³/mol. The summed E-state index contributed by atoms with van der Waals surface area (Å²) in [7, 11) is 0. The zero-order valence-electron chi connectivity index (χ0n) is 11.8. The third kappa shape index (κ3) is 3.95. The number of Topliss-reactive ketones (excluding diaryl/α,β-unsaturated/α-hetero) is 1. The van der Waals surface area contributed by atoms with Gasteiger partial charge in [-0.1, -0.05) is 12.8 Å². The van der Waals surface area contributed by atoms with Crippen molar-refractivity contribution in [2.24, 2.45) is 5.73 Å². The maximum absolute atomic E-state index is 12.3. The van der Waals surface area contributed by atoms with Crippen LogP contribution in [0.4, 0.5) is 0 Å². The van der Waals surface area contributed by atoms with Crippen molar-refractivity contribution < 1.29 is 19.8 Å². The molecule has 0 radical (unpaired) electrons. The van der Waals surface area contributed by atoms with Gasteiger partial charge in [0.25, 0.3) is 0 Å². The molecule has 2 rings (SSSR count). The van der Waals surface area contributed by atoms with E-state index < -0.39 is 5.91 Å². The molecule has 0 aromatic heterocycles. The largest absolute Gasteiger partial charge is 0.508 e. The lowest BCUT2D eigenvalue weighted by molar-refractivity contribution is -0.119. The van der Waals surface area contributed by atoms with Gasteiger partial charge in [-0.3, -0.25) is 14.5 Å². The van der Waals surface area contributed by atoms with Crippen LogP contribution in [-0.4, -0.2) is 45.9 Å². The van der Waals surface area contributed by atoms with Gasteiger partial charge in [0, 0.05) is 12.1 Å². The molecule has 0 bridgehead atoms. The van der Waals surface area contributed by atoms with E-state index in [4.69, 9.17) is 5.73 Å². The second-order valence-corrected chi connectivity index (χ2v) is 5.43. The Balaban J connectivity index is 2.11. The Bertz CT molecular complexity index is 538. The van der Waals surface area contributed by atoms with Crippen LogP contribution in [0.3, 0.4) is 0 Å². The molecule has 1 fully saturated rings. The second kappa shape index (κ2) is 6.58. The minimum Gasteiger partial charge on any atom is -0.508 e. The molecule has 0 spiro atoms. The van der Waals surface area contributed by atoms with E-state index in [1.54, 1.807) is 4.90 Å². The van der Waals surface area contributed by atoms with Gasteiger partial charge in [-0.15, -0.1) is 0 Å². The minimum atomic E-state index is -0.468. The van der Waals surface area contributed by atoms with E-state index >= 15 is 0 Å². The van der Waals surface area contributed by atoms with Crippen molar-refractivity contribution in [3.05, 3.63) is 23.8 Å². The monoisotopic (exact) mass is 292 g/mol. The lowest BCUT2D eigenvalue weighted by Crippen LogP contribution is -2.43. The maximum atomic E-state index is 12.3. The van der Waals surface area contributed by atoms with Crippen molar-refractivity contribution in [2.45, 2.75) is 31.7 Å². The molecular formula is C15H20N2O4. The molecule has 4 N–H and O–H groups in total. The zero-order valence-corrected chi connectivity index (χ0v) is 11.8. The van der Waals surface area contributed by atoms with Gasteiger partial charge < -0.3 is 15.9 Å². The number of rotatable bonds is 6. The summed E-state index contributed by atoms with van der Waals surface area (Å²) in [4.78, 5) is 25.3. The number of amides is 1. The van der Waals surface area contributed by atoms with Crippen LogP contribution in [0.25, 0.3) is 0 Å². The molecule has 1 saturated carbocycles. The summed E-state index contributed by atoms with van der Waals surface area (Å²) < 4.78 is 0. The highest BCUT2D eigenvalue weighted by Gasteiger charge is 2.26. The van der Waals surface area contributed by atoms with Gasteiger partial charge in [0.05, 0.1) is 18.7 Å². The average molecular weight is 292 g/mol. The van der Waals surface area contributed by atoms with E-state index in [2.05, 4.69) is 0 Å². The molecule has 114 valence electrons. The Morgan fingerprint density at radius 1 is 1.19 bits per heavy atom. The fourth-order valence-electron chi connectivity index (χ4n) is 2.81. The van der Waals surface area contributed by atoms with Crippen molar-refractivity contribution in [3.63, 3.8) is 0 Å². The fourth-order valence-corrected chi connectivity index (χ4v) is 2.81. The zero-order chi connectivity index (χ0) is 15.4. The number of benzene rings is 1. The van der Waals surface area contributed by atoms with E-state index in [0.29, 0.717) is 0 Å². The van der Waals surface area contributed by atoms with Crippen molar-refractivity contribution in [2.75, 3.05) is 13.1 Å². The van der Waals surface area contributed by atoms with Crippen molar-refractivity contribution >= 4 is 11.7 Å². The van der Waals surface area contributed by atoms with E-state index in [0.717, 1.165) is 31.7 Å². The maximum Gasteiger partial charge on any atom is 0.231 e. The van der Waals surface area contributed by atoms with Gasteiger partial charge in [0.15, 0.2) is 5.78 Å². The van der Waals surface area contributed by atoms with Crippen LogP contribution in [0.1, 0.15) is 36.0 Å². The van der Waals surface area contributed by atoms with Crippen LogP contribution in [0.15, 0.2) is 18.2 Å². The van der Waals surface area contributed by atoms with Crippen molar-refractivity contribution in [1.29, 1.82) is 0 Å². The van der Waals surface area contributed by atoms with Gasteiger partial charge in [-0.2, -0.15) is 0 Å². The molecule has 1 amide bonds. The first-order chi connectivity index (χ1) is 9.97. The molecule has 1 aliphatic carbocycles. The van der Waals surface area contributed by atoms with Crippen molar-refractivity contribution in [1.82, 2.24) is 4.90 Å². The predicted octanol–water partition coefficient (Wildman–Crippen LogP) is 1.01. The molecule has 0 aliphatic heterocycles. The number of carbonyl (C=O) groups excluding carboxylic acids is 2. The summed E-state index contributed by atoms with van der Waals surface area (Å²) in [6.07, 6.45) is 4.06. The number of hydrogen-bond donors (Lipinski definition) is 3. The third-order valence-corrected chi connectivity index (χ3v) is 3.83. The number of aromatic hydroxyl groups is 2. The lowest BCUT2D eigenvalue weighted by Gasteiger charge is -2.26. The Labute approximate surface area is 123 Å². The highest BCUT2D eigenvalue weighted by Crippen LogP contribution is 2.26. The van der Waals surface area contributed by atoms with Crippen LogP contribution in [0.2, 0.25) is 0 Å². The first kappa shape index (κ1) is 15.3. The Morgan fingerprint density at radius 2 is 1.86 bits per heavy atom. The summed E-state index contributed by atoms with van der Waals surface area (Å²) in [6, 6.07) is 4.03. The molecule has 21 heavy (non-hydrogen) atoms. The first-order valence-corrected chi connectivity index (χ1v) is 7.05. The number of phenolic OH excluding ortho intramolecular Hbond substituents is 2. The number of primary amides is 1. The van der Waals surface area contributed by atoms with Crippen LogP contribution in [0, 0.1) is 0 Å². The molecule has 0 heterocycles. The average Bonchev–Trinajstić information content (AvgIpc) is 2.90. The Morgan fingerprint density at radius 3 is 2.43 bits per heavy atom. The summed E-state index contributed by atoms with van der Waals surface area (Å²) in [5, 5.41) is 19.0. The number of hydrogen-bond acceptors (Lipinski definition) is 5. The third-order valence-electron chi connectivity index (χ3n) is 3.83.